The number of ether oxygens (including phenoxy) is 5. The molecule has 10 atom stereocenters. The first-order chi connectivity index (χ1) is 40.0. The van der Waals surface area contributed by atoms with Crippen LogP contribution >= 0.6 is 0 Å². The van der Waals surface area contributed by atoms with Gasteiger partial charge in [0.05, 0.1) is 59.7 Å². The molecule has 1 saturated heterocycles. The number of carboxylic acids is 1. The van der Waals surface area contributed by atoms with Crippen LogP contribution in [0.3, 0.4) is 0 Å². The van der Waals surface area contributed by atoms with Gasteiger partial charge in [0, 0.05) is 48.3 Å². The number of cyclic esters (lactones) is 1. The third-order valence-corrected chi connectivity index (χ3v) is 15.8. The Morgan fingerprint density at radius 3 is 2.32 bits per heavy atom. The van der Waals surface area contributed by atoms with Gasteiger partial charge in [-0.3, -0.25) is 38.5 Å². The van der Waals surface area contributed by atoms with Crippen molar-refractivity contribution in [2.24, 2.45) is 17.1 Å². The Balaban J connectivity index is 0.942. The monoisotopic (exact) mass is 1190 g/mol. The Labute approximate surface area is 483 Å². The molecular formula is C55H68FN9O20. The fourth-order valence-electron chi connectivity index (χ4n) is 10.8. The van der Waals surface area contributed by atoms with Gasteiger partial charge in [-0.1, -0.05) is 20.8 Å². The van der Waals surface area contributed by atoms with Gasteiger partial charge in [-0.05, 0) is 68.7 Å². The number of nitrogens with zero attached hydrogens (tertiary/aromatic N) is 4. The molecular weight excluding hydrogens is 1130 g/mol. The van der Waals surface area contributed by atoms with Crippen LogP contribution in [0.15, 0.2) is 29.1 Å². The standard InChI is InChI=1S/C55H68FN9O20/c1-8-55(80)29-13-34-41-27(16-64(34)48(74)28(29)19-83-52(55)78)39-31(10-9-26-24(4)30(56)14-32(59-41)38(26)39)61-51(77)54(5,6)21-81-22-58-46(72)33(20-82-50-44(71)42(69)43(70)45(85-50)49(75)76)60-47(73)40(23(2)3)62-35(66)17-63(7)53(79)84-18-25(15-57)65-36(67)11-12-37(65)68/h11-14,23,25,31,33,40,42-45,50,69-71,80H,8-10,15-22,57H2,1-7H3,(H,58,72)(H,60,73)(H,61,77)(H,62,66)(H,75,76)/t25-,31-,33-,40-,42-,43-,44+,45-,50+,55-/m0/s1. The van der Waals surface area contributed by atoms with Crippen LogP contribution in [0, 0.1) is 24.1 Å². The van der Waals surface area contributed by atoms with Crippen molar-refractivity contribution < 1.29 is 96.8 Å². The molecule has 460 valence electrons. The van der Waals surface area contributed by atoms with Gasteiger partial charge in [0.25, 0.3) is 17.4 Å². The van der Waals surface area contributed by atoms with Crippen molar-refractivity contribution in [1.82, 2.24) is 40.6 Å². The van der Waals surface area contributed by atoms with E-state index in [-0.39, 0.29) is 55.1 Å². The first-order valence-corrected chi connectivity index (χ1v) is 27.3. The summed E-state index contributed by atoms with van der Waals surface area (Å²) < 4.78 is 44.0. The Bertz CT molecular complexity index is 3320. The van der Waals surface area contributed by atoms with Crippen molar-refractivity contribution >= 4 is 64.4 Å². The molecule has 1 aliphatic carbocycles. The molecule has 29 nitrogen and oxygen atoms in total. The van der Waals surface area contributed by atoms with Crippen molar-refractivity contribution in [3.63, 3.8) is 0 Å². The fourth-order valence-corrected chi connectivity index (χ4v) is 10.8. The number of carbonyl (C=O) groups is 9. The lowest BCUT2D eigenvalue weighted by atomic mass is 9.81. The van der Waals surface area contributed by atoms with Gasteiger partial charge in [-0.2, -0.15) is 0 Å². The number of likely N-dealkylation sites (N-methyl/N-ethyl adjacent to an activating group) is 1. The van der Waals surface area contributed by atoms with Crippen LogP contribution in [0.25, 0.3) is 22.3 Å². The molecule has 5 aliphatic rings. The zero-order valence-electron chi connectivity index (χ0n) is 47.5. The highest BCUT2D eigenvalue weighted by Gasteiger charge is 2.49. The van der Waals surface area contributed by atoms with E-state index < -0.39 is 163 Å². The number of pyridine rings is 2. The molecule has 11 N–H and O–H groups in total. The molecule has 4 aliphatic heterocycles. The number of imide groups is 1. The lowest BCUT2D eigenvalue weighted by molar-refractivity contribution is -0.294. The molecule has 0 radical (unpaired) electrons. The van der Waals surface area contributed by atoms with Crippen LogP contribution in [0.1, 0.15) is 86.9 Å². The molecule has 1 aromatic carbocycles. The summed E-state index contributed by atoms with van der Waals surface area (Å²) in [5.41, 5.74) is 5.00. The quantitative estimate of drug-likeness (QED) is 0.0170. The van der Waals surface area contributed by atoms with Gasteiger partial charge in [-0.25, -0.2) is 23.8 Å². The third-order valence-electron chi connectivity index (χ3n) is 15.8. The van der Waals surface area contributed by atoms with E-state index in [1.54, 1.807) is 27.7 Å². The molecule has 7 amide bonds. The maximum absolute atomic E-state index is 15.6. The number of benzene rings is 1. The number of aliphatic hydroxyl groups excluding tert-OH is 3. The van der Waals surface area contributed by atoms with E-state index >= 15 is 4.39 Å². The van der Waals surface area contributed by atoms with Gasteiger partial charge in [-0.15, -0.1) is 0 Å². The predicted octanol–water partition coefficient (Wildman–Crippen LogP) is -2.40. The van der Waals surface area contributed by atoms with Crippen molar-refractivity contribution in [2.45, 2.75) is 134 Å². The van der Waals surface area contributed by atoms with Crippen LogP contribution in [-0.4, -0.2) is 194 Å². The number of aryl methyl sites for hydroxylation is 1. The van der Waals surface area contributed by atoms with Gasteiger partial charge in [0.1, 0.15) is 62.7 Å². The fraction of sp³-hybridized carbons (Fsp3) is 0.545. The van der Waals surface area contributed by atoms with Crippen LogP contribution in [0.2, 0.25) is 0 Å². The number of aliphatic carboxylic acids is 1. The average molecular weight is 1190 g/mol. The van der Waals surface area contributed by atoms with Crippen molar-refractivity contribution in [1.29, 1.82) is 0 Å². The van der Waals surface area contributed by atoms with E-state index in [2.05, 4.69) is 21.3 Å². The number of halogens is 1. The minimum atomic E-state index is -2.10. The lowest BCUT2D eigenvalue weighted by Crippen LogP contribution is -2.61. The minimum absolute atomic E-state index is 0.00824. The number of esters is 1. The second-order valence-electron chi connectivity index (χ2n) is 22.4. The van der Waals surface area contributed by atoms with E-state index in [1.165, 1.54) is 37.6 Å². The van der Waals surface area contributed by atoms with Gasteiger partial charge in [0.15, 0.2) is 18.0 Å². The summed E-state index contributed by atoms with van der Waals surface area (Å²) >= 11 is 0. The number of fused-ring (bicyclic) bond motifs is 5. The summed E-state index contributed by atoms with van der Waals surface area (Å²) in [4.78, 5) is 138. The van der Waals surface area contributed by atoms with E-state index in [4.69, 9.17) is 34.4 Å². The van der Waals surface area contributed by atoms with E-state index in [0.717, 1.165) is 22.0 Å². The van der Waals surface area contributed by atoms with Crippen LogP contribution < -0.4 is 32.6 Å². The average Bonchev–Trinajstić information content (AvgIpc) is 1.87. The Kier molecular flexibility index (Phi) is 18.6. The number of aromatic nitrogens is 2. The number of carbonyl (C=O) groups excluding carboxylic acids is 8. The summed E-state index contributed by atoms with van der Waals surface area (Å²) in [6, 6.07) is -2.10. The topological polar surface area (TPSA) is 416 Å². The van der Waals surface area contributed by atoms with E-state index in [9.17, 15) is 73.5 Å². The predicted molar refractivity (Wildman–Crippen MR) is 288 cm³/mol. The summed E-state index contributed by atoms with van der Waals surface area (Å²) in [7, 11) is 1.19. The number of nitrogens with one attached hydrogen (secondary N) is 4. The smallest absolute Gasteiger partial charge is 0.410 e. The normalized spacial score (nSPS) is 23.3. The second-order valence-corrected chi connectivity index (χ2v) is 22.4. The SMILES string of the molecule is CC[C@@]1(O)C(=O)OCc2c1cc1n(c2=O)Cc2c-1nc1cc(F)c(C)c3c1c2[C@@H](NC(=O)C(C)(C)COCNC(=O)[C@H](CO[C@@H]1O[C@H](C(=O)O)[C@@H](O)[C@H](O)[C@H]1O)NC(=O)[C@@H](NC(=O)CN(C)C(=O)OC[C@H](CN)N1C(=O)C=CC1=O)C(C)C)CC3. The number of rotatable bonds is 22. The first kappa shape index (κ1) is 63.2. The third kappa shape index (κ3) is 12.4. The first-order valence-electron chi connectivity index (χ1n) is 27.3. The lowest BCUT2D eigenvalue weighted by Gasteiger charge is -2.38. The number of carboxylic acid groups (broad SMARTS) is 1. The van der Waals surface area contributed by atoms with E-state index in [0.29, 0.717) is 46.2 Å². The highest BCUT2D eigenvalue weighted by molar-refractivity contribution is 6.13. The maximum Gasteiger partial charge on any atom is 0.410 e. The van der Waals surface area contributed by atoms with Crippen molar-refractivity contribution in [3.05, 3.63) is 73.8 Å². The van der Waals surface area contributed by atoms with E-state index in [1.807, 2.05) is 0 Å². The van der Waals surface area contributed by atoms with Gasteiger partial charge >= 0.3 is 18.0 Å². The van der Waals surface area contributed by atoms with Crippen LogP contribution in [-0.2, 0) is 87.2 Å². The second kappa shape index (κ2) is 25.0. The molecule has 30 heteroatoms. The molecule has 2 aromatic heterocycles. The largest absolute Gasteiger partial charge is 0.479 e. The Morgan fingerprint density at radius 2 is 1.67 bits per heavy atom. The number of hydrogen-bond donors (Lipinski definition) is 10. The molecule has 0 unspecified atom stereocenters. The number of amides is 7. The molecule has 3 aromatic rings. The van der Waals surface area contributed by atoms with Crippen LogP contribution in [0.4, 0.5) is 9.18 Å². The minimum Gasteiger partial charge on any atom is -0.479 e. The van der Waals surface area contributed by atoms with Crippen molar-refractivity contribution in [3.8, 4) is 11.4 Å². The Morgan fingerprint density at radius 1 is 0.976 bits per heavy atom. The molecule has 0 saturated carbocycles. The highest BCUT2D eigenvalue weighted by Crippen LogP contribution is 2.46. The summed E-state index contributed by atoms with van der Waals surface area (Å²) in [6.45, 7) is 5.76. The zero-order valence-corrected chi connectivity index (χ0v) is 47.5. The number of nitrogens with two attached hydrogens (primary N) is 1. The van der Waals surface area contributed by atoms with Crippen LogP contribution in [0.5, 0.6) is 0 Å². The number of hydrogen-bond acceptors (Lipinski definition) is 21. The molecule has 85 heavy (non-hydrogen) atoms. The highest BCUT2D eigenvalue weighted by atomic mass is 19.1. The van der Waals surface area contributed by atoms with Gasteiger partial charge in [0.2, 0.25) is 23.6 Å². The van der Waals surface area contributed by atoms with Crippen molar-refractivity contribution in [2.75, 3.05) is 46.7 Å². The maximum atomic E-state index is 15.6. The Hall–Kier alpha value is -7.84. The summed E-state index contributed by atoms with van der Waals surface area (Å²) in [6.07, 6.45) is -8.77. The summed E-state index contributed by atoms with van der Waals surface area (Å²) in [5, 5.41) is 63.3. The molecule has 8 rings (SSSR count). The zero-order chi connectivity index (χ0) is 62.3. The van der Waals surface area contributed by atoms with Gasteiger partial charge < -0.3 is 85.7 Å². The molecule has 0 spiro atoms. The molecule has 6 heterocycles. The molecule has 1 fully saturated rings. The number of aliphatic hydroxyl groups is 4. The summed E-state index contributed by atoms with van der Waals surface area (Å²) in [5.74, 6) is -8.60. The molecule has 0 bridgehead atoms.